The number of carbonyl (C=O) groups is 1. The maximum atomic E-state index is 12.1. The average Bonchev–Trinajstić information content (AvgIpc) is 3.48. The highest BCUT2D eigenvalue weighted by atomic mass is 16.3. The molecule has 1 aliphatic carbocycles. The van der Waals surface area contributed by atoms with Crippen LogP contribution in [0.2, 0.25) is 0 Å². The number of nitrogens with two attached hydrogens (primary N) is 1. The molecule has 178 valence electrons. The summed E-state index contributed by atoms with van der Waals surface area (Å²) in [7, 11) is 0. The van der Waals surface area contributed by atoms with E-state index >= 15 is 0 Å². The third kappa shape index (κ3) is 4.62. The van der Waals surface area contributed by atoms with Gasteiger partial charge in [0.15, 0.2) is 11.5 Å². The van der Waals surface area contributed by atoms with Gasteiger partial charge in [-0.3, -0.25) is 4.79 Å². The number of rotatable bonds is 8. The molecule has 0 aromatic carbocycles. The molecule has 0 aliphatic heterocycles. The van der Waals surface area contributed by atoms with Crippen molar-refractivity contribution >= 4 is 28.8 Å². The molecular weight excluding hydrogens is 426 g/mol. The van der Waals surface area contributed by atoms with E-state index in [0.29, 0.717) is 36.5 Å². The molecule has 6 N–H and O–H groups in total. The van der Waals surface area contributed by atoms with Crippen LogP contribution in [0.4, 0.5) is 11.8 Å². The molecule has 0 saturated heterocycles. The van der Waals surface area contributed by atoms with E-state index in [2.05, 4.69) is 37.5 Å². The van der Waals surface area contributed by atoms with Crippen molar-refractivity contribution in [3.8, 4) is 0 Å². The van der Waals surface area contributed by atoms with Gasteiger partial charge in [-0.15, -0.1) is 0 Å². The van der Waals surface area contributed by atoms with E-state index in [4.69, 9.17) is 5.73 Å². The number of aliphatic hydroxyl groups is 2. The van der Waals surface area contributed by atoms with E-state index in [1.807, 2.05) is 10.8 Å². The van der Waals surface area contributed by atoms with Crippen LogP contribution in [0, 0.1) is 5.92 Å². The monoisotopic (exact) mass is 457 g/mol. The fourth-order valence-electron chi connectivity index (χ4n) is 4.05. The lowest BCUT2D eigenvalue weighted by Gasteiger charge is -2.19. The maximum Gasteiger partial charge on any atom is 0.226 e. The number of aryl methyl sites for hydroxylation is 1. The van der Waals surface area contributed by atoms with Crippen LogP contribution < -0.4 is 16.4 Å². The molecular formula is C21H31N9O3. The Morgan fingerprint density at radius 1 is 1.24 bits per heavy atom. The van der Waals surface area contributed by atoms with Crippen LogP contribution >= 0.6 is 0 Å². The number of amides is 1. The predicted molar refractivity (Wildman–Crippen MR) is 122 cm³/mol. The summed E-state index contributed by atoms with van der Waals surface area (Å²) in [5.41, 5.74) is 7.94. The summed E-state index contributed by atoms with van der Waals surface area (Å²) in [6.45, 7) is 7.03. The van der Waals surface area contributed by atoms with Gasteiger partial charge in [0.05, 0.1) is 30.4 Å². The fourth-order valence-corrected chi connectivity index (χ4v) is 4.05. The van der Waals surface area contributed by atoms with E-state index in [1.54, 1.807) is 24.7 Å². The lowest BCUT2D eigenvalue weighted by atomic mass is 10.1. The summed E-state index contributed by atoms with van der Waals surface area (Å²) in [6, 6.07) is -1.10. The molecule has 33 heavy (non-hydrogen) atoms. The standard InChI is InChI=1S/C21H31N9O3/c1-4-29-8-12(24-9-29)5-6-23-21-27-18(22)15-19(28-21)30(10-25-15)14-7-13(16(31)17(14)32)26-20(33)11(2)3/h8-11,13-14,16-17,31-32H,4-7H2,1-3H3,(H,26,33)(H3,22,23,27,28)/t13-,14-,16-,17-/m0/s1. The van der Waals surface area contributed by atoms with Crippen molar-refractivity contribution in [1.29, 1.82) is 0 Å². The third-order valence-electron chi connectivity index (χ3n) is 6.03. The van der Waals surface area contributed by atoms with Gasteiger partial charge in [-0.2, -0.15) is 9.97 Å². The molecule has 0 spiro atoms. The second-order valence-electron chi connectivity index (χ2n) is 8.68. The fraction of sp³-hybridized carbons (Fsp3) is 0.571. The molecule has 0 radical (unpaired) electrons. The minimum atomic E-state index is -1.10. The molecule has 1 fully saturated rings. The van der Waals surface area contributed by atoms with Gasteiger partial charge in [-0.1, -0.05) is 13.8 Å². The van der Waals surface area contributed by atoms with Gasteiger partial charge in [0.2, 0.25) is 11.9 Å². The van der Waals surface area contributed by atoms with Crippen LogP contribution in [0.3, 0.4) is 0 Å². The summed E-state index contributed by atoms with van der Waals surface area (Å²) in [6.07, 6.45) is 4.15. The van der Waals surface area contributed by atoms with Crippen LogP contribution in [-0.2, 0) is 17.8 Å². The van der Waals surface area contributed by atoms with E-state index < -0.39 is 24.3 Å². The Kier molecular flexibility index (Phi) is 6.47. The topological polar surface area (TPSA) is 169 Å². The normalized spacial score (nSPS) is 22.8. The third-order valence-corrected chi connectivity index (χ3v) is 6.03. The minimum absolute atomic E-state index is 0.177. The van der Waals surface area contributed by atoms with Crippen molar-refractivity contribution in [2.75, 3.05) is 17.6 Å². The van der Waals surface area contributed by atoms with Crippen molar-refractivity contribution in [3.05, 3.63) is 24.5 Å². The van der Waals surface area contributed by atoms with Crippen LogP contribution in [-0.4, -0.2) is 70.0 Å². The lowest BCUT2D eigenvalue weighted by Crippen LogP contribution is -2.44. The minimum Gasteiger partial charge on any atom is -0.388 e. The Balaban J connectivity index is 1.51. The number of carbonyl (C=O) groups excluding carboxylic acids is 1. The number of aliphatic hydroxyl groups excluding tert-OH is 2. The molecule has 1 aliphatic rings. The quantitative estimate of drug-likeness (QED) is 0.314. The molecule has 12 heteroatoms. The maximum absolute atomic E-state index is 12.1. The Morgan fingerprint density at radius 2 is 2.03 bits per heavy atom. The zero-order chi connectivity index (χ0) is 23.7. The Labute approximate surface area is 191 Å². The first kappa shape index (κ1) is 22.9. The number of hydrogen-bond donors (Lipinski definition) is 5. The molecule has 4 atom stereocenters. The molecule has 3 heterocycles. The first-order chi connectivity index (χ1) is 15.8. The smallest absolute Gasteiger partial charge is 0.226 e. The van der Waals surface area contributed by atoms with Gasteiger partial charge in [0.1, 0.15) is 17.7 Å². The van der Waals surface area contributed by atoms with Gasteiger partial charge >= 0.3 is 0 Å². The van der Waals surface area contributed by atoms with Crippen molar-refractivity contribution in [1.82, 2.24) is 34.4 Å². The average molecular weight is 458 g/mol. The van der Waals surface area contributed by atoms with Crippen molar-refractivity contribution in [3.63, 3.8) is 0 Å². The van der Waals surface area contributed by atoms with E-state index in [9.17, 15) is 15.0 Å². The molecule has 4 rings (SSSR count). The molecule has 0 unspecified atom stereocenters. The van der Waals surface area contributed by atoms with Crippen LogP contribution in [0.15, 0.2) is 18.9 Å². The van der Waals surface area contributed by atoms with Gasteiger partial charge in [-0.05, 0) is 13.3 Å². The first-order valence-corrected chi connectivity index (χ1v) is 11.2. The lowest BCUT2D eigenvalue weighted by molar-refractivity contribution is -0.125. The molecule has 3 aromatic heterocycles. The molecule has 1 saturated carbocycles. The number of aromatic nitrogens is 6. The summed E-state index contributed by atoms with van der Waals surface area (Å²) >= 11 is 0. The van der Waals surface area contributed by atoms with Crippen LogP contribution in [0.1, 0.15) is 38.9 Å². The molecule has 12 nitrogen and oxygen atoms in total. The number of imidazole rings is 2. The van der Waals surface area contributed by atoms with Gasteiger partial charge in [0, 0.05) is 31.6 Å². The summed E-state index contributed by atoms with van der Waals surface area (Å²) in [4.78, 5) is 29.6. The van der Waals surface area contributed by atoms with Gasteiger partial charge in [-0.25, -0.2) is 9.97 Å². The summed E-state index contributed by atoms with van der Waals surface area (Å²) in [5, 5.41) is 27.2. The number of nitrogens with one attached hydrogen (secondary N) is 2. The second-order valence-corrected chi connectivity index (χ2v) is 8.68. The zero-order valence-corrected chi connectivity index (χ0v) is 19.0. The second kappa shape index (κ2) is 9.32. The largest absolute Gasteiger partial charge is 0.388 e. The van der Waals surface area contributed by atoms with Crippen molar-refractivity contribution in [2.45, 2.75) is 64.4 Å². The van der Waals surface area contributed by atoms with Crippen LogP contribution in [0.5, 0.6) is 0 Å². The summed E-state index contributed by atoms with van der Waals surface area (Å²) < 4.78 is 3.70. The van der Waals surface area contributed by atoms with Crippen LogP contribution in [0.25, 0.3) is 11.2 Å². The Bertz CT molecular complexity index is 1130. The van der Waals surface area contributed by atoms with E-state index in [-0.39, 0.29) is 17.6 Å². The van der Waals surface area contributed by atoms with Gasteiger partial charge in [0.25, 0.3) is 0 Å². The molecule has 0 bridgehead atoms. The highest BCUT2D eigenvalue weighted by Gasteiger charge is 2.44. The van der Waals surface area contributed by atoms with Crippen molar-refractivity contribution in [2.24, 2.45) is 5.92 Å². The number of hydrogen-bond acceptors (Lipinski definition) is 9. The van der Waals surface area contributed by atoms with E-state index in [0.717, 1.165) is 12.2 Å². The predicted octanol–water partition coefficient (Wildman–Crippen LogP) is 0.0869. The Morgan fingerprint density at radius 3 is 2.73 bits per heavy atom. The highest BCUT2D eigenvalue weighted by Crippen LogP contribution is 2.34. The zero-order valence-electron chi connectivity index (χ0n) is 19.0. The SMILES string of the molecule is CCn1cnc(CCNc2nc(N)c3ncn([C@H]4C[C@H](NC(=O)C(C)C)[C@H](O)[C@H]4O)c3n2)c1. The number of fused-ring (bicyclic) bond motifs is 1. The molecule has 3 aromatic rings. The number of nitrogen functional groups attached to an aromatic ring is 1. The molecule has 1 amide bonds. The first-order valence-electron chi connectivity index (χ1n) is 11.2. The number of nitrogens with zero attached hydrogens (tertiary/aromatic N) is 6. The van der Waals surface area contributed by atoms with E-state index in [1.165, 1.54) is 6.33 Å². The highest BCUT2D eigenvalue weighted by molar-refractivity contribution is 5.83. The number of anilines is 2. The Hall–Kier alpha value is -3.25. The van der Waals surface area contributed by atoms with Crippen molar-refractivity contribution < 1.29 is 15.0 Å². The summed E-state index contributed by atoms with van der Waals surface area (Å²) in [5.74, 6) is 0.159. The van der Waals surface area contributed by atoms with Gasteiger partial charge < -0.3 is 35.7 Å².